The van der Waals surface area contributed by atoms with Crippen LogP contribution >= 0.6 is 0 Å². The average Bonchev–Trinajstić information content (AvgIpc) is 2.16. The number of rotatable bonds is 3. The third-order valence-corrected chi connectivity index (χ3v) is 2.32. The van der Waals surface area contributed by atoms with Gasteiger partial charge < -0.3 is 5.73 Å². The summed E-state index contributed by atoms with van der Waals surface area (Å²) in [4.78, 5) is 0. The molecule has 1 nitrogen and oxygen atoms in total. The van der Waals surface area contributed by atoms with Crippen LogP contribution in [0, 0.1) is 5.82 Å². The zero-order chi connectivity index (χ0) is 12.3. The number of hydrogen-bond acceptors (Lipinski definition) is 1. The molecule has 2 N–H and O–H groups in total. The Balaban J connectivity index is 3.18. The van der Waals surface area contributed by atoms with Gasteiger partial charge >= 0.3 is 6.18 Å². The van der Waals surface area contributed by atoms with Gasteiger partial charge in [-0.3, -0.25) is 0 Å². The zero-order valence-corrected chi connectivity index (χ0v) is 8.81. The molecule has 1 rings (SSSR count). The number of hydrogen-bond donors (Lipinski definition) is 1. The molecule has 0 aliphatic carbocycles. The molecular formula is C11H13F4N. The summed E-state index contributed by atoms with van der Waals surface area (Å²) in [5, 5.41) is 0. The third kappa shape index (κ3) is 2.95. The van der Waals surface area contributed by atoms with E-state index in [1.165, 1.54) is 0 Å². The van der Waals surface area contributed by atoms with E-state index in [-0.39, 0.29) is 5.56 Å². The lowest BCUT2D eigenvalue weighted by Gasteiger charge is -2.17. The van der Waals surface area contributed by atoms with Crippen LogP contribution in [-0.4, -0.2) is 0 Å². The van der Waals surface area contributed by atoms with E-state index in [1.54, 1.807) is 0 Å². The Hall–Kier alpha value is -1.10. The minimum absolute atomic E-state index is 0.0456. The highest BCUT2D eigenvalue weighted by molar-refractivity contribution is 5.32. The van der Waals surface area contributed by atoms with E-state index in [0.717, 1.165) is 12.1 Å². The van der Waals surface area contributed by atoms with Gasteiger partial charge in [0, 0.05) is 6.04 Å². The summed E-state index contributed by atoms with van der Waals surface area (Å²) in [6.07, 6.45) is -3.45. The van der Waals surface area contributed by atoms with E-state index in [4.69, 9.17) is 5.73 Å². The van der Waals surface area contributed by atoms with Crippen LogP contribution in [0.25, 0.3) is 0 Å². The molecule has 0 fully saturated rings. The molecule has 0 amide bonds. The van der Waals surface area contributed by atoms with Crippen LogP contribution in [0.1, 0.15) is 36.9 Å². The van der Waals surface area contributed by atoms with Crippen molar-refractivity contribution in [1.29, 1.82) is 0 Å². The molecule has 0 saturated heterocycles. The summed E-state index contributed by atoms with van der Waals surface area (Å²) in [6, 6.07) is 1.89. The van der Waals surface area contributed by atoms with Gasteiger partial charge in [0.15, 0.2) is 0 Å². The zero-order valence-electron chi connectivity index (χ0n) is 8.81. The van der Waals surface area contributed by atoms with Gasteiger partial charge in [-0.05, 0) is 24.1 Å². The number of benzene rings is 1. The summed E-state index contributed by atoms with van der Waals surface area (Å²) >= 11 is 0. The second-order valence-corrected chi connectivity index (χ2v) is 3.62. The second-order valence-electron chi connectivity index (χ2n) is 3.62. The Kier molecular flexibility index (Phi) is 3.91. The Labute approximate surface area is 91.3 Å². The average molecular weight is 235 g/mol. The van der Waals surface area contributed by atoms with Crippen LogP contribution in [0.5, 0.6) is 0 Å². The van der Waals surface area contributed by atoms with Crippen molar-refractivity contribution in [3.8, 4) is 0 Å². The van der Waals surface area contributed by atoms with Gasteiger partial charge in [-0.2, -0.15) is 13.2 Å². The summed E-state index contributed by atoms with van der Waals surface area (Å²) in [7, 11) is 0. The Morgan fingerprint density at radius 2 is 1.94 bits per heavy atom. The molecule has 90 valence electrons. The van der Waals surface area contributed by atoms with E-state index < -0.39 is 23.6 Å². The quantitative estimate of drug-likeness (QED) is 0.795. The molecule has 1 aromatic rings. The highest BCUT2D eigenvalue weighted by atomic mass is 19.4. The van der Waals surface area contributed by atoms with Gasteiger partial charge in [-0.1, -0.05) is 19.4 Å². The smallest absolute Gasteiger partial charge is 0.324 e. The van der Waals surface area contributed by atoms with Crippen molar-refractivity contribution in [2.24, 2.45) is 5.73 Å². The van der Waals surface area contributed by atoms with Crippen LogP contribution in [0.3, 0.4) is 0 Å². The maximum Gasteiger partial charge on any atom is 0.416 e. The van der Waals surface area contributed by atoms with Gasteiger partial charge in [0.05, 0.1) is 5.56 Å². The number of alkyl halides is 3. The first-order valence-corrected chi connectivity index (χ1v) is 4.98. The molecule has 1 atom stereocenters. The maximum absolute atomic E-state index is 12.8. The Morgan fingerprint density at radius 3 is 2.44 bits per heavy atom. The Bertz CT molecular complexity index is 359. The van der Waals surface area contributed by atoms with Gasteiger partial charge in [0.1, 0.15) is 5.82 Å². The van der Waals surface area contributed by atoms with Crippen LogP contribution in [0.15, 0.2) is 18.2 Å². The lowest BCUT2D eigenvalue weighted by atomic mass is 9.97. The van der Waals surface area contributed by atoms with Gasteiger partial charge in [0.2, 0.25) is 0 Å². The molecule has 0 aliphatic heterocycles. The van der Waals surface area contributed by atoms with Gasteiger partial charge in [0.25, 0.3) is 0 Å². The summed E-state index contributed by atoms with van der Waals surface area (Å²) < 4.78 is 50.6. The first-order valence-electron chi connectivity index (χ1n) is 4.98. The highest BCUT2D eigenvalue weighted by Gasteiger charge is 2.34. The number of halogens is 4. The maximum atomic E-state index is 12.8. The van der Waals surface area contributed by atoms with Gasteiger partial charge in [-0.15, -0.1) is 0 Å². The molecule has 0 aliphatic rings. The molecule has 0 saturated carbocycles. The van der Waals surface area contributed by atoms with Crippen LogP contribution in [0.4, 0.5) is 17.6 Å². The van der Waals surface area contributed by atoms with E-state index in [2.05, 4.69) is 0 Å². The molecule has 0 radical (unpaired) electrons. The van der Waals surface area contributed by atoms with Gasteiger partial charge in [-0.25, -0.2) is 4.39 Å². The van der Waals surface area contributed by atoms with Crippen LogP contribution < -0.4 is 5.73 Å². The molecule has 0 heterocycles. The fourth-order valence-electron chi connectivity index (χ4n) is 1.56. The largest absolute Gasteiger partial charge is 0.416 e. The molecule has 5 heteroatoms. The molecule has 0 unspecified atom stereocenters. The minimum Gasteiger partial charge on any atom is -0.324 e. The predicted molar refractivity (Wildman–Crippen MR) is 53.2 cm³/mol. The number of nitrogens with two attached hydrogens (primary N) is 1. The first kappa shape index (κ1) is 13.0. The Morgan fingerprint density at radius 1 is 1.31 bits per heavy atom. The standard InChI is InChI=1S/C11H13F4N/c1-2-3-10(16)8-5-4-7(12)6-9(8)11(13,14)15/h4-6,10H,2-3,16H2,1H3/t10-/m1/s1. The van der Waals surface area contributed by atoms with Crippen LogP contribution in [-0.2, 0) is 6.18 Å². The van der Waals surface area contributed by atoms with E-state index in [9.17, 15) is 17.6 Å². The lowest BCUT2D eigenvalue weighted by Crippen LogP contribution is -2.17. The van der Waals surface area contributed by atoms with Crippen molar-refractivity contribution in [3.63, 3.8) is 0 Å². The molecule has 0 bridgehead atoms. The molecule has 0 spiro atoms. The summed E-state index contributed by atoms with van der Waals surface area (Å²) in [5.74, 6) is -0.903. The van der Waals surface area contributed by atoms with Crippen molar-refractivity contribution < 1.29 is 17.6 Å². The SMILES string of the molecule is CCC[C@@H](N)c1ccc(F)cc1C(F)(F)F. The molecule has 16 heavy (non-hydrogen) atoms. The predicted octanol–water partition coefficient (Wildman–Crippen LogP) is 3.64. The lowest BCUT2D eigenvalue weighted by molar-refractivity contribution is -0.138. The van der Waals surface area contributed by atoms with E-state index in [0.29, 0.717) is 18.9 Å². The fourth-order valence-corrected chi connectivity index (χ4v) is 1.56. The fraction of sp³-hybridized carbons (Fsp3) is 0.455. The molecular weight excluding hydrogens is 222 g/mol. The third-order valence-electron chi connectivity index (χ3n) is 2.32. The highest BCUT2D eigenvalue weighted by Crippen LogP contribution is 2.35. The monoisotopic (exact) mass is 235 g/mol. The van der Waals surface area contributed by atoms with Crippen molar-refractivity contribution in [3.05, 3.63) is 35.1 Å². The molecule has 0 aromatic heterocycles. The van der Waals surface area contributed by atoms with Crippen molar-refractivity contribution in [1.82, 2.24) is 0 Å². The summed E-state index contributed by atoms with van der Waals surface area (Å²) in [6.45, 7) is 1.83. The van der Waals surface area contributed by atoms with Crippen LogP contribution in [0.2, 0.25) is 0 Å². The first-order chi connectivity index (χ1) is 7.36. The van der Waals surface area contributed by atoms with E-state index in [1.807, 2.05) is 6.92 Å². The normalized spacial score (nSPS) is 13.9. The van der Waals surface area contributed by atoms with Crippen molar-refractivity contribution in [2.45, 2.75) is 32.0 Å². The minimum atomic E-state index is -4.57. The van der Waals surface area contributed by atoms with Crippen molar-refractivity contribution in [2.75, 3.05) is 0 Å². The topological polar surface area (TPSA) is 26.0 Å². The van der Waals surface area contributed by atoms with E-state index >= 15 is 0 Å². The second kappa shape index (κ2) is 4.82. The summed E-state index contributed by atoms with van der Waals surface area (Å²) in [5.41, 5.74) is 4.61. The van der Waals surface area contributed by atoms with Crippen molar-refractivity contribution >= 4 is 0 Å². The molecule has 1 aromatic carbocycles.